The average Bonchev–Trinajstić information content (AvgIpc) is 2.58. The molecule has 2 rings (SSSR count). The Morgan fingerprint density at radius 3 is 2.53 bits per heavy atom. The molecule has 0 unspecified atom stereocenters. The summed E-state index contributed by atoms with van der Waals surface area (Å²) in [6, 6.07) is 8.03. The van der Waals surface area contributed by atoms with Crippen LogP contribution in [0.1, 0.15) is 19.4 Å². The molecule has 0 saturated carbocycles. The van der Waals surface area contributed by atoms with Crippen molar-refractivity contribution in [2.24, 2.45) is 10.7 Å². The van der Waals surface area contributed by atoms with E-state index in [1.807, 2.05) is 36.2 Å². The highest BCUT2D eigenvalue weighted by Crippen LogP contribution is 2.24. The number of likely N-dealkylation sites (N-methyl/N-ethyl adjacent to an activating group) is 1. The van der Waals surface area contributed by atoms with E-state index < -0.39 is 0 Å². The molecule has 19 heavy (non-hydrogen) atoms. The summed E-state index contributed by atoms with van der Waals surface area (Å²) in [7, 11) is 1.97. The number of amidine groups is 1. The van der Waals surface area contributed by atoms with Gasteiger partial charge < -0.3 is 15.4 Å². The molecule has 1 aliphatic heterocycles. The first-order valence-electron chi connectivity index (χ1n) is 6.21. The van der Waals surface area contributed by atoms with Crippen molar-refractivity contribution in [1.82, 2.24) is 4.90 Å². The van der Waals surface area contributed by atoms with Crippen molar-refractivity contribution in [1.29, 1.82) is 0 Å². The second-order valence-corrected chi connectivity index (χ2v) is 5.36. The molecule has 1 fully saturated rings. The van der Waals surface area contributed by atoms with Crippen LogP contribution in [0.15, 0.2) is 29.3 Å². The maximum atomic E-state index is 10.8. The highest BCUT2D eigenvalue weighted by Gasteiger charge is 2.35. The third-order valence-electron chi connectivity index (χ3n) is 3.29. The summed E-state index contributed by atoms with van der Waals surface area (Å²) in [5, 5.41) is 0. The lowest BCUT2D eigenvalue weighted by Gasteiger charge is -2.24. The Morgan fingerprint density at radius 1 is 1.42 bits per heavy atom. The first-order valence-corrected chi connectivity index (χ1v) is 6.21. The van der Waals surface area contributed by atoms with E-state index >= 15 is 0 Å². The molecule has 1 aromatic rings. The molecule has 1 saturated heterocycles. The molecule has 1 heterocycles. The number of nitrogens with two attached hydrogens (primary N) is 1. The van der Waals surface area contributed by atoms with Crippen LogP contribution in [-0.2, 0) is 16.0 Å². The van der Waals surface area contributed by atoms with E-state index in [1.54, 1.807) is 0 Å². The molecule has 0 bridgehead atoms. The zero-order chi connectivity index (χ0) is 14.0. The number of carbonyl (C=O) groups excluding carboxylic acids is 1. The van der Waals surface area contributed by atoms with Gasteiger partial charge in [0.05, 0.1) is 17.6 Å². The number of rotatable bonds is 3. The molecular formula is C14H19N3O2. The van der Waals surface area contributed by atoms with E-state index in [2.05, 4.69) is 18.8 Å². The Hall–Kier alpha value is -2.04. The zero-order valence-electron chi connectivity index (χ0n) is 11.5. The van der Waals surface area contributed by atoms with Crippen molar-refractivity contribution in [3.05, 3.63) is 29.8 Å². The van der Waals surface area contributed by atoms with E-state index in [4.69, 9.17) is 10.5 Å². The lowest BCUT2D eigenvalue weighted by atomic mass is 10.1. The molecule has 0 spiro atoms. The number of primary amides is 1. The van der Waals surface area contributed by atoms with Gasteiger partial charge in [-0.2, -0.15) is 4.99 Å². The molecule has 1 aliphatic rings. The lowest BCUT2D eigenvalue weighted by Crippen LogP contribution is -2.38. The number of nitrogens with zero attached hydrogens (tertiary/aromatic N) is 2. The maximum Gasteiger partial charge on any atom is 0.292 e. The van der Waals surface area contributed by atoms with Gasteiger partial charge in [0.2, 0.25) is 5.91 Å². The van der Waals surface area contributed by atoms with Gasteiger partial charge in [0.25, 0.3) is 6.02 Å². The quantitative estimate of drug-likeness (QED) is 0.895. The molecule has 1 aromatic carbocycles. The first kappa shape index (κ1) is 13.4. The van der Waals surface area contributed by atoms with Gasteiger partial charge in [0.1, 0.15) is 6.61 Å². The van der Waals surface area contributed by atoms with Crippen LogP contribution in [0.2, 0.25) is 0 Å². The molecule has 102 valence electrons. The van der Waals surface area contributed by atoms with Gasteiger partial charge in [-0.25, -0.2) is 0 Å². The summed E-state index contributed by atoms with van der Waals surface area (Å²) in [6.45, 7) is 4.83. The van der Waals surface area contributed by atoms with Gasteiger partial charge in [-0.1, -0.05) is 12.1 Å². The van der Waals surface area contributed by atoms with Crippen molar-refractivity contribution in [3.63, 3.8) is 0 Å². The summed E-state index contributed by atoms with van der Waals surface area (Å²) >= 11 is 0. The molecule has 0 aromatic heterocycles. The van der Waals surface area contributed by atoms with Gasteiger partial charge in [-0.05, 0) is 31.5 Å². The number of amides is 1. The Balaban J connectivity index is 2.14. The second kappa shape index (κ2) is 4.91. The van der Waals surface area contributed by atoms with E-state index in [-0.39, 0.29) is 17.9 Å². The number of carbonyl (C=O) groups is 1. The summed E-state index contributed by atoms with van der Waals surface area (Å²) in [5.74, 6) is -0.334. The minimum atomic E-state index is -0.334. The van der Waals surface area contributed by atoms with Crippen LogP contribution >= 0.6 is 0 Å². The molecule has 2 N–H and O–H groups in total. The van der Waals surface area contributed by atoms with Crippen LogP contribution in [0.5, 0.6) is 0 Å². The van der Waals surface area contributed by atoms with Crippen LogP contribution in [0, 0.1) is 0 Å². The molecule has 5 heteroatoms. The van der Waals surface area contributed by atoms with E-state index in [1.165, 1.54) is 0 Å². The molecular weight excluding hydrogens is 242 g/mol. The minimum Gasteiger partial charge on any atom is -0.462 e. The maximum absolute atomic E-state index is 10.8. The summed E-state index contributed by atoms with van der Waals surface area (Å²) in [6.07, 6.45) is 0.250. The Kier molecular flexibility index (Phi) is 3.46. The van der Waals surface area contributed by atoms with Crippen LogP contribution in [0.4, 0.5) is 5.69 Å². The van der Waals surface area contributed by atoms with Crippen LogP contribution in [0.3, 0.4) is 0 Å². The van der Waals surface area contributed by atoms with Crippen LogP contribution < -0.4 is 5.73 Å². The molecule has 1 amide bonds. The third-order valence-corrected chi connectivity index (χ3v) is 3.29. The average molecular weight is 261 g/mol. The largest absolute Gasteiger partial charge is 0.462 e. The third kappa shape index (κ3) is 3.05. The lowest BCUT2D eigenvalue weighted by molar-refractivity contribution is -0.117. The fraction of sp³-hybridized carbons (Fsp3) is 0.429. The Bertz CT molecular complexity index is 506. The predicted molar refractivity (Wildman–Crippen MR) is 74.2 cm³/mol. The van der Waals surface area contributed by atoms with Crippen molar-refractivity contribution in [2.75, 3.05) is 13.7 Å². The Morgan fingerprint density at radius 2 is 2.05 bits per heavy atom. The normalized spacial score (nSPS) is 19.5. The van der Waals surface area contributed by atoms with Gasteiger partial charge in [0, 0.05) is 7.05 Å². The highest BCUT2D eigenvalue weighted by molar-refractivity contribution is 5.80. The van der Waals surface area contributed by atoms with E-state index in [9.17, 15) is 4.79 Å². The van der Waals surface area contributed by atoms with Gasteiger partial charge in [-0.3, -0.25) is 4.79 Å². The minimum absolute atomic E-state index is 0.0370. The van der Waals surface area contributed by atoms with Crippen LogP contribution in [0.25, 0.3) is 0 Å². The topological polar surface area (TPSA) is 67.9 Å². The number of benzene rings is 1. The molecule has 0 radical (unpaired) electrons. The first-order chi connectivity index (χ1) is 8.88. The fourth-order valence-electron chi connectivity index (χ4n) is 1.80. The van der Waals surface area contributed by atoms with Crippen molar-refractivity contribution in [2.45, 2.75) is 25.8 Å². The predicted octanol–water partition coefficient (Wildman–Crippen LogP) is 1.44. The summed E-state index contributed by atoms with van der Waals surface area (Å²) < 4.78 is 5.58. The summed E-state index contributed by atoms with van der Waals surface area (Å²) in [4.78, 5) is 17.3. The van der Waals surface area contributed by atoms with Crippen molar-refractivity contribution in [3.8, 4) is 0 Å². The molecule has 5 nitrogen and oxygen atoms in total. The second-order valence-electron chi connectivity index (χ2n) is 5.36. The SMILES string of the molecule is CN1C(=Nc2ccc(CC(N)=O)cc2)OCC1(C)C. The molecule has 0 atom stereocenters. The number of ether oxygens (including phenoxy) is 1. The van der Waals surface area contributed by atoms with Crippen molar-refractivity contribution < 1.29 is 9.53 Å². The fourth-order valence-corrected chi connectivity index (χ4v) is 1.80. The number of hydrogen-bond donors (Lipinski definition) is 1. The van der Waals surface area contributed by atoms with Crippen molar-refractivity contribution >= 4 is 17.6 Å². The Labute approximate surface area is 113 Å². The molecule has 0 aliphatic carbocycles. The zero-order valence-corrected chi connectivity index (χ0v) is 11.5. The highest BCUT2D eigenvalue weighted by atomic mass is 16.5. The standard InChI is InChI=1S/C14H19N3O2/c1-14(2)9-19-13(17(14)3)16-11-6-4-10(5-7-11)8-12(15)18/h4-7H,8-9H2,1-3H3,(H2,15,18). The van der Waals surface area contributed by atoms with E-state index in [0.29, 0.717) is 12.6 Å². The van der Waals surface area contributed by atoms with E-state index in [0.717, 1.165) is 11.3 Å². The number of hydrogen-bond acceptors (Lipinski definition) is 3. The van der Waals surface area contributed by atoms with Gasteiger partial charge in [0.15, 0.2) is 0 Å². The smallest absolute Gasteiger partial charge is 0.292 e. The monoisotopic (exact) mass is 261 g/mol. The van der Waals surface area contributed by atoms with Gasteiger partial charge in [-0.15, -0.1) is 0 Å². The van der Waals surface area contributed by atoms with Gasteiger partial charge >= 0.3 is 0 Å². The number of aliphatic imine (C=N–C) groups is 1. The summed E-state index contributed by atoms with van der Waals surface area (Å²) in [5.41, 5.74) is 6.80. The van der Waals surface area contributed by atoms with Crippen LogP contribution in [-0.4, -0.2) is 36.0 Å².